The van der Waals surface area contributed by atoms with Crippen LogP contribution in [0.3, 0.4) is 0 Å². The third kappa shape index (κ3) is 5.06. The summed E-state index contributed by atoms with van der Waals surface area (Å²) in [5.41, 5.74) is 6.81. The van der Waals surface area contributed by atoms with Gasteiger partial charge in [0, 0.05) is 32.1 Å². The fourth-order valence-electron chi connectivity index (χ4n) is 2.92. The van der Waals surface area contributed by atoms with Gasteiger partial charge in [-0.05, 0) is 12.0 Å². The van der Waals surface area contributed by atoms with Crippen LogP contribution in [0.4, 0.5) is 0 Å². The summed E-state index contributed by atoms with van der Waals surface area (Å²) in [7, 11) is 0. The molecular weight excluding hydrogens is 290 g/mol. The number of unbranched alkanes of at least 4 members (excludes halogenated alkanes) is 1. The molecule has 2 rings (SSSR count). The molecule has 0 radical (unpaired) electrons. The molecule has 1 aromatic carbocycles. The third-order valence-corrected chi connectivity index (χ3v) is 4.34. The summed E-state index contributed by atoms with van der Waals surface area (Å²) in [5.74, 6) is -0.255. The van der Waals surface area contributed by atoms with Crippen molar-refractivity contribution in [2.75, 3.05) is 13.1 Å². The Hall–Kier alpha value is -1.88. The first-order valence-electron chi connectivity index (χ1n) is 8.46. The molecule has 2 unspecified atom stereocenters. The van der Waals surface area contributed by atoms with E-state index in [2.05, 4.69) is 12.2 Å². The molecule has 23 heavy (non-hydrogen) atoms. The van der Waals surface area contributed by atoms with E-state index >= 15 is 0 Å². The molecule has 1 heterocycles. The number of hydrogen-bond acceptors (Lipinski definition) is 3. The fourth-order valence-corrected chi connectivity index (χ4v) is 2.92. The van der Waals surface area contributed by atoms with Crippen LogP contribution in [0, 0.1) is 5.92 Å². The molecule has 3 N–H and O–H groups in total. The molecule has 1 aliphatic heterocycles. The summed E-state index contributed by atoms with van der Waals surface area (Å²) >= 11 is 0. The van der Waals surface area contributed by atoms with E-state index in [1.165, 1.54) is 0 Å². The Morgan fingerprint density at radius 1 is 1.39 bits per heavy atom. The Morgan fingerprint density at radius 3 is 2.78 bits per heavy atom. The van der Waals surface area contributed by atoms with E-state index in [0.717, 1.165) is 24.8 Å². The molecular formula is C18H27N3O2. The van der Waals surface area contributed by atoms with Crippen LogP contribution in [0.5, 0.6) is 0 Å². The van der Waals surface area contributed by atoms with E-state index in [0.29, 0.717) is 26.1 Å². The van der Waals surface area contributed by atoms with Gasteiger partial charge in [-0.1, -0.05) is 50.1 Å². The highest BCUT2D eigenvalue weighted by molar-refractivity contribution is 5.89. The molecule has 5 nitrogen and oxygen atoms in total. The second kappa shape index (κ2) is 8.67. The standard InChI is InChI=1S/C18H27N3O2/c1-2-3-9-16(11-19)20-18(23)15-10-17(22)21(13-15)12-14-7-5-4-6-8-14/h4-8,15-16H,2-3,9-13,19H2,1H3,(H,20,23). The average molecular weight is 317 g/mol. The number of carbonyl (C=O) groups is 2. The van der Waals surface area contributed by atoms with Crippen molar-refractivity contribution in [3.8, 4) is 0 Å². The minimum Gasteiger partial charge on any atom is -0.352 e. The van der Waals surface area contributed by atoms with Crippen LogP contribution in [0.25, 0.3) is 0 Å². The van der Waals surface area contributed by atoms with E-state index < -0.39 is 0 Å². The number of nitrogens with zero attached hydrogens (tertiary/aromatic N) is 1. The van der Waals surface area contributed by atoms with Gasteiger partial charge in [0.1, 0.15) is 0 Å². The van der Waals surface area contributed by atoms with Crippen molar-refractivity contribution in [2.24, 2.45) is 11.7 Å². The average Bonchev–Trinajstić information content (AvgIpc) is 2.93. The zero-order chi connectivity index (χ0) is 16.7. The van der Waals surface area contributed by atoms with Gasteiger partial charge in [-0.25, -0.2) is 0 Å². The van der Waals surface area contributed by atoms with Crippen molar-refractivity contribution in [1.82, 2.24) is 10.2 Å². The number of likely N-dealkylation sites (tertiary alicyclic amines) is 1. The number of nitrogens with one attached hydrogen (secondary N) is 1. The maximum absolute atomic E-state index is 12.4. The minimum absolute atomic E-state index is 0.0146. The van der Waals surface area contributed by atoms with Gasteiger partial charge in [0.15, 0.2) is 0 Å². The molecule has 0 bridgehead atoms. The summed E-state index contributed by atoms with van der Waals surface area (Å²) in [6.07, 6.45) is 3.32. The number of hydrogen-bond donors (Lipinski definition) is 2. The zero-order valence-corrected chi connectivity index (χ0v) is 13.8. The first-order valence-corrected chi connectivity index (χ1v) is 8.46. The summed E-state index contributed by atoms with van der Waals surface area (Å²) < 4.78 is 0. The molecule has 126 valence electrons. The Morgan fingerprint density at radius 2 is 2.13 bits per heavy atom. The molecule has 1 saturated heterocycles. The van der Waals surface area contributed by atoms with Gasteiger partial charge in [0.25, 0.3) is 0 Å². The van der Waals surface area contributed by atoms with Gasteiger partial charge in [-0.2, -0.15) is 0 Å². The van der Waals surface area contributed by atoms with Gasteiger partial charge < -0.3 is 16.0 Å². The van der Waals surface area contributed by atoms with Gasteiger partial charge in [0.05, 0.1) is 5.92 Å². The van der Waals surface area contributed by atoms with Gasteiger partial charge in [0.2, 0.25) is 11.8 Å². The molecule has 1 aliphatic rings. The van der Waals surface area contributed by atoms with Crippen LogP contribution >= 0.6 is 0 Å². The lowest BCUT2D eigenvalue weighted by atomic mass is 10.1. The summed E-state index contributed by atoms with van der Waals surface area (Å²) in [4.78, 5) is 26.3. The third-order valence-electron chi connectivity index (χ3n) is 4.34. The molecule has 1 fully saturated rings. The number of amides is 2. The second-order valence-electron chi connectivity index (χ2n) is 6.24. The topological polar surface area (TPSA) is 75.4 Å². The second-order valence-corrected chi connectivity index (χ2v) is 6.24. The van der Waals surface area contributed by atoms with Crippen molar-refractivity contribution in [2.45, 2.75) is 45.2 Å². The van der Waals surface area contributed by atoms with Crippen molar-refractivity contribution >= 4 is 11.8 Å². The predicted molar refractivity (Wildman–Crippen MR) is 90.5 cm³/mol. The van der Waals surface area contributed by atoms with Crippen molar-refractivity contribution in [3.05, 3.63) is 35.9 Å². The lowest BCUT2D eigenvalue weighted by molar-refractivity contribution is -0.129. The van der Waals surface area contributed by atoms with Crippen LogP contribution in [-0.2, 0) is 16.1 Å². The smallest absolute Gasteiger partial charge is 0.225 e. The van der Waals surface area contributed by atoms with Crippen molar-refractivity contribution in [1.29, 1.82) is 0 Å². The molecule has 0 aromatic heterocycles. The fraction of sp³-hybridized carbons (Fsp3) is 0.556. The first-order chi connectivity index (χ1) is 11.1. The Balaban J connectivity index is 1.87. The molecule has 1 aromatic rings. The van der Waals surface area contributed by atoms with Crippen LogP contribution in [0.1, 0.15) is 38.2 Å². The number of benzene rings is 1. The first kappa shape index (κ1) is 17.5. The lowest BCUT2D eigenvalue weighted by Gasteiger charge is -2.20. The summed E-state index contributed by atoms with van der Waals surface area (Å²) in [6, 6.07) is 9.88. The highest BCUT2D eigenvalue weighted by atomic mass is 16.2. The van der Waals surface area contributed by atoms with E-state index in [1.807, 2.05) is 30.3 Å². The van der Waals surface area contributed by atoms with Crippen molar-refractivity contribution in [3.63, 3.8) is 0 Å². The normalized spacial score (nSPS) is 19.0. The highest BCUT2D eigenvalue weighted by Gasteiger charge is 2.34. The maximum Gasteiger partial charge on any atom is 0.225 e. The minimum atomic E-state index is -0.262. The Labute approximate surface area is 138 Å². The maximum atomic E-state index is 12.4. The number of carbonyl (C=O) groups excluding carboxylic acids is 2. The molecule has 2 atom stereocenters. The predicted octanol–water partition coefficient (Wildman–Crippen LogP) is 1.67. The zero-order valence-electron chi connectivity index (χ0n) is 13.8. The molecule has 0 aliphatic carbocycles. The largest absolute Gasteiger partial charge is 0.352 e. The quantitative estimate of drug-likeness (QED) is 0.766. The van der Waals surface area contributed by atoms with Crippen LogP contribution in [0.15, 0.2) is 30.3 Å². The monoisotopic (exact) mass is 317 g/mol. The molecule has 5 heteroatoms. The Bertz CT molecular complexity index is 518. The molecule has 2 amide bonds. The van der Waals surface area contributed by atoms with Gasteiger partial charge >= 0.3 is 0 Å². The number of nitrogens with two attached hydrogens (primary N) is 1. The van der Waals surface area contributed by atoms with Crippen LogP contribution in [-0.4, -0.2) is 35.8 Å². The van der Waals surface area contributed by atoms with E-state index in [4.69, 9.17) is 5.73 Å². The van der Waals surface area contributed by atoms with Crippen LogP contribution in [0.2, 0.25) is 0 Å². The number of rotatable bonds is 8. The molecule has 0 saturated carbocycles. The van der Waals surface area contributed by atoms with Crippen LogP contribution < -0.4 is 11.1 Å². The Kier molecular flexibility index (Phi) is 6.59. The SMILES string of the molecule is CCCCC(CN)NC(=O)C1CC(=O)N(Cc2ccccc2)C1. The summed E-state index contributed by atoms with van der Waals surface area (Å²) in [6.45, 7) is 3.62. The van der Waals surface area contributed by atoms with Crippen molar-refractivity contribution < 1.29 is 9.59 Å². The molecule has 0 spiro atoms. The highest BCUT2D eigenvalue weighted by Crippen LogP contribution is 2.20. The summed E-state index contributed by atoms with van der Waals surface area (Å²) in [5, 5.41) is 3.01. The van der Waals surface area contributed by atoms with E-state index in [9.17, 15) is 9.59 Å². The van der Waals surface area contributed by atoms with E-state index in [-0.39, 0.29) is 23.8 Å². The van der Waals surface area contributed by atoms with Gasteiger partial charge in [-0.3, -0.25) is 9.59 Å². The lowest BCUT2D eigenvalue weighted by Crippen LogP contribution is -2.43. The van der Waals surface area contributed by atoms with Gasteiger partial charge in [-0.15, -0.1) is 0 Å². The van der Waals surface area contributed by atoms with E-state index in [1.54, 1.807) is 4.90 Å².